The zero-order chi connectivity index (χ0) is 43.8. The highest BCUT2D eigenvalue weighted by Gasteiger charge is 2.20. The van der Waals surface area contributed by atoms with Gasteiger partial charge in [0.05, 0.1) is 16.7 Å². The molecule has 1 aromatic heterocycles. The lowest BCUT2D eigenvalue weighted by atomic mass is 9.96. The Labute approximate surface area is 385 Å². The number of fused-ring (bicyclic) bond motifs is 4. The molecular formula is C64H44N2. The second-order valence-corrected chi connectivity index (χ2v) is 16.9. The Morgan fingerprint density at radius 1 is 0.258 bits per heavy atom. The van der Waals surface area contributed by atoms with Crippen LogP contribution in [0.2, 0.25) is 0 Å². The molecule has 2 nitrogen and oxygen atoms in total. The molecule has 0 saturated carbocycles. The molecule has 0 spiro atoms. The van der Waals surface area contributed by atoms with Gasteiger partial charge < -0.3 is 9.47 Å². The molecule has 0 saturated heterocycles. The van der Waals surface area contributed by atoms with Gasteiger partial charge in [-0.05, 0) is 122 Å². The molecule has 12 aromatic rings. The molecule has 0 aliphatic heterocycles. The van der Waals surface area contributed by atoms with E-state index in [0.29, 0.717) is 0 Å². The fraction of sp³-hybridized carbons (Fsp3) is 0. The Morgan fingerprint density at radius 2 is 0.727 bits per heavy atom. The number of para-hydroxylation sites is 3. The lowest BCUT2D eigenvalue weighted by Gasteiger charge is -2.28. The standard InChI is InChI=1S/C64H44N2/c1-3-17-45(18-4-1)47-33-35-50(36-34-47)59-26-9-12-30-62(59)65(54-39-37-49(38-40-54)58-29-16-22-48-21-7-8-25-57(48)58)55-24-15-23-51(42-55)53-41-52(46-19-5-2-6-20-46)43-56(44-53)66-63-31-13-10-27-60(63)61-28-11-14-32-64(61)66/h1-44H. The lowest BCUT2D eigenvalue weighted by molar-refractivity contribution is 1.18. The molecule has 2 heteroatoms. The summed E-state index contributed by atoms with van der Waals surface area (Å²) in [7, 11) is 0. The molecular weight excluding hydrogens is 797 g/mol. The van der Waals surface area contributed by atoms with E-state index in [1.165, 1.54) is 66.0 Å². The molecule has 0 bridgehead atoms. The van der Waals surface area contributed by atoms with Gasteiger partial charge in [0.2, 0.25) is 0 Å². The monoisotopic (exact) mass is 840 g/mol. The van der Waals surface area contributed by atoms with E-state index in [1.807, 2.05) is 0 Å². The third-order valence-corrected chi connectivity index (χ3v) is 13.0. The van der Waals surface area contributed by atoms with Crippen LogP contribution >= 0.6 is 0 Å². The quantitative estimate of drug-likeness (QED) is 0.141. The summed E-state index contributed by atoms with van der Waals surface area (Å²) in [5.41, 5.74) is 18.5. The first-order valence-electron chi connectivity index (χ1n) is 22.7. The van der Waals surface area contributed by atoms with Crippen LogP contribution in [0, 0.1) is 0 Å². The highest BCUT2D eigenvalue weighted by Crippen LogP contribution is 2.44. The number of benzene rings is 11. The first-order valence-corrected chi connectivity index (χ1v) is 22.7. The van der Waals surface area contributed by atoms with Gasteiger partial charge in [-0.25, -0.2) is 0 Å². The van der Waals surface area contributed by atoms with Crippen molar-refractivity contribution < 1.29 is 0 Å². The van der Waals surface area contributed by atoms with Crippen molar-refractivity contribution in [1.82, 2.24) is 4.57 Å². The number of rotatable bonds is 9. The van der Waals surface area contributed by atoms with Gasteiger partial charge in [0.15, 0.2) is 0 Å². The summed E-state index contributed by atoms with van der Waals surface area (Å²) in [4.78, 5) is 2.42. The second kappa shape index (κ2) is 16.8. The maximum Gasteiger partial charge on any atom is 0.0541 e. The van der Waals surface area contributed by atoms with Crippen molar-refractivity contribution in [2.75, 3.05) is 4.90 Å². The average molecular weight is 841 g/mol. The Morgan fingerprint density at radius 3 is 1.44 bits per heavy atom. The van der Waals surface area contributed by atoms with Crippen molar-refractivity contribution in [3.8, 4) is 61.3 Å². The smallest absolute Gasteiger partial charge is 0.0541 e. The van der Waals surface area contributed by atoms with E-state index in [9.17, 15) is 0 Å². The summed E-state index contributed by atoms with van der Waals surface area (Å²) in [6.45, 7) is 0. The number of hydrogen-bond acceptors (Lipinski definition) is 1. The van der Waals surface area contributed by atoms with E-state index in [0.717, 1.165) is 45.0 Å². The van der Waals surface area contributed by atoms with Crippen molar-refractivity contribution in [2.24, 2.45) is 0 Å². The van der Waals surface area contributed by atoms with Gasteiger partial charge in [-0.15, -0.1) is 0 Å². The molecule has 0 unspecified atom stereocenters. The number of anilines is 3. The molecule has 1 heterocycles. The molecule has 310 valence electrons. The molecule has 0 radical (unpaired) electrons. The SMILES string of the molecule is c1ccc(-c2ccc(-c3ccccc3N(c3ccc(-c4cccc5ccccc45)cc3)c3cccc(-c4cc(-c5ccccc5)cc(-n5c6ccccc6c6ccccc65)c4)c3)cc2)cc1. The Kier molecular flexibility index (Phi) is 9.89. The third kappa shape index (κ3) is 7.12. The van der Waals surface area contributed by atoms with E-state index in [4.69, 9.17) is 0 Å². The maximum absolute atomic E-state index is 2.42. The van der Waals surface area contributed by atoms with Crippen LogP contribution in [0.15, 0.2) is 267 Å². The van der Waals surface area contributed by atoms with Crippen molar-refractivity contribution in [3.05, 3.63) is 267 Å². The van der Waals surface area contributed by atoms with Crippen molar-refractivity contribution >= 4 is 49.6 Å². The van der Waals surface area contributed by atoms with Gasteiger partial charge >= 0.3 is 0 Å². The first-order chi connectivity index (χ1) is 32.7. The Hall–Kier alpha value is -8.72. The fourth-order valence-electron chi connectivity index (χ4n) is 9.81. The third-order valence-electron chi connectivity index (χ3n) is 13.0. The normalized spacial score (nSPS) is 11.3. The Balaban J connectivity index is 1.03. The highest BCUT2D eigenvalue weighted by atomic mass is 15.1. The van der Waals surface area contributed by atoms with Crippen LogP contribution in [0.25, 0.3) is 93.9 Å². The molecule has 11 aromatic carbocycles. The summed E-state index contributed by atoms with van der Waals surface area (Å²) >= 11 is 0. The van der Waals surface area contributed by atoms with Gasteiger partial charge in [-0.2, -0.15) is 0 Å². The topological polar surface area (TPSA) is 8.17 Å². The Bertz CT molecular complexity index is 3620. The van der Waals surface area contributed by atoms with Crippen LogP contribution in [-0.4, -0.2) is 4.57 Å². The summed E-state index contributed by atoms with van der Waals surface area (Å²) in [5.74, 6) is 0. The first kappa shape index (κ1) is 38.9. The van der Waals surface area contributed by atoms with Gasteiger partial charge in [0.25, 0.3) is 0 Å². The van der Waals surface area contributed by atoms with E-state index in [-0.39, 0.29) is 0 Å². The fourth-order valence-corrected chi connectivity index (χ4v) is 9.81. The predicted molar refractivity (Wildman–Crippen MR) is 280 cm³/mol. The van der Waals surface area contributed by atoms with E-state index in [2.05, 4.69) is 276 Å². The molecule has 0 atom stereocenters. The van der Waals surface area contributed by atoms with Crippen LogP contribution in [-0.2, 0) is 0 Å². The van der Waals surface area contributed by atoms with Crippen molar-refractivity contribution in [2.45, 2.75) is 0 Å². The maximum atomic E-state index is 2.42. The van der Waals surface area contributed by atoms with Crippen molar-refractivity contribution in [1.29, 1.82) is 0 Å². The number of aromatic nitrogens is 1. The molecule has 0 aliphatic carbocycles. The summed E-state index contributed by atoms with van der Waals surface area (Å²) < 4.78 is 2.42. The minimum atomic E-state index is 1.07. The van der Waals surface area contributed by atoms with Crippen LogP contribution in [0.1, 0.15) is 0 Å². The molecule has 12 rings (SSSR count). The van der Waals surface area contributed by atoms with Crippen LogP contribution < -0.4 is 4.90 Å². The molecule has 0 fully saturated rings. The van der Waals surface area contributed by atoms with E-state index in [1.54, 1.807) is 0 Å². The van der Waals surface area contributed by atoms with Gasteiger partial charge in [-0.1, -0.05) is 206 Å². The van der Waals surface area contributed by atoms with Crippen molar-refractivity contribution in [3.63, 3.8) is 0 Å². The zero-order valence-corrected chi connectivity index (χ0v) is 36.3. The zero-order valence-electron chi connectivity index (χ0n) is 36.3. The molecule has 0 aliphatic rings. The van der Waals surface area contributed by atoms with Gasteiger partial charge in [-0.3, -0.25) is 0 Å². The van der Waals surface area contributed by atoms with Crippen LogP contribution in [0.5, 0.6) is 0 Å². The lowest BCUT2D eigenvalue weighted by Crippen LogP contribution is -2.11. The minimum absolute atomic E-state index is 1.07. The van der Waals surface area contributed by atoms with Crippen LogP contribution in [0.3, 0.4) is 0 Å². The van der Waals surface area contributed by atoms with E-state index >= 15 is 0 Å². The molecule has 0 amide bonds. The summed E-state index contributed by atoms with van der Waals surface area (Å²) in [6, 6.07) is 97.0. The number of hydrogen-bond donors (Lipinski definition) is 0. The van der Waals surface area contributed by atoms with Gasteiger partial charge in [0, 0.05) is 33.4 Å². The average Bonchev–Trinajstić information content (AvgIpc) is 3.74. The minimum Gasteiger partial charge on any atom is -0.310 e. The molecule has 66 heavy (non-hydrogen) atoms. The highest BCUT2D eigenvalue weighted by molar-refractivity contribution is 6.09. The van der Waals surface area contributed by atoms with Gasteiger partial charge in [0.1, 0.15) is 0 Å². The van der Waals surface area contributed by atoms with E-state index < -0.39 is 0 Å². The predicted octanol–water partition coefficient (Wildman–Crippen LogP) is 17.7. The second-order valence-electron chi connectivity index (χ2n) is 16.9. The summed E-state index contributed by atoms with van der Waals surface area (Å²) in [5, 5.41) is 4.98. The van der Waals surface area contributed by atoms with Crippen LogP contribution in [0.4, 0.5) is 17.1 Å². The summed E-state index contributed by atoms with van der Waals surface area (Å²) in [6.07, 6.45) is 0. The number of nitrogens with zero attached hydrogens (tertiary/aromatic N) is 2. The molecule has 0 N–H and O–H groups in total. The largest absolute Gasteiger partial charge is 0.310 e.